The van der Waals surface area contributed by atoms with E-state index in [1.165, 1.54) is 0 Å². The molecule has 9 heavy (non-hydrogen) atoms. The maximum absolute atomic E-state index is 10.4. The molecule has 2 unspecified atom stereocenters. The van der Waals surface area contributed by atoms with Crippen LogP contribution in [0.1, 0.15) is 20.3 Å². The molecular weight excluding hydrogens is 116 g/mol. The summed E-state index contributed by atoms with van der Waals surface area (Å²) < 4.78 is 0. The molecule has 2 heteroatoms. The van der Waals surface area contributed by atoms with E-state index in [0.717, 1.165) is 6.42 Å². The van der Waals surface area contributed by atoms with Crippen LogP contribution in [-0.4, -0.2) is 11.1 Å². The molecule has 0 aromatic carbocycles. The molecule has 2 atom stereocenters. The Morgan fingerprint density at radius 1 is 1.44 bits per heavy atom. The second-order valence-electron chi connectivity index (χ2n) is 3.05. The molecule has 52 valence electrons. The first-order chi connectivity index (χ1) is 4.13. The van der Waals surface area contributed by atoms with Gasteiger partial charge in [0.25, 0.3) is 0 Å². The molecule has 0 aromatic heterocycles. The lowest BCUT2D eigenvalue weighted by Gasteiger charge is -2.37. The number of carboxylic acids is 1. The zero-order valence-corrected chi connectivity index (χ0v) is 5.79. The normalized spacial score (nSPS) is 41.8. The standard InChI is InChI=1S/C7H12O2/c1-4-3-5(2)6(4)7(8)9/h4-6H,3H2,1-2H3,(H,8,9). The van der Waals surface area contributed by atoms with E-state index in [1.54, 1.807) is 0 Å². The van der Waals surface area contributed by atoms with Gasteiger partial charge in [0.15, 0.2) is 0 Å². The van der Waals surface area contributed by atoms with Gasteiger partial charge in [-0.1, -0.05) is 13.8 Å². The van der Waals surface area contributed by atoms with Crippen molar-refractivity contribution in [1.29, 1.82) is 0 Å². The molecule has 0 radical (unpaired) electrons. The fraction of sp³-hybridized carbons (Fsp3) is 0.857. The van der Waals surface area contributed by atoms with Crippen molar-refractivity contribution in [3.05, 3.63) is 0 Å². The van der Waals surface area contributed by atoms with E-state index < -0.39 is 5.97 Å². The van der Waals surface area contributed by atoms with E-state index in [4.69, 9.17) is 5.11 Å². The summed E-state index contributed by atoms with van der Waals surface area (Å²) in [5.41, 5.74) is 0. The van der Waals surface area contributed by atoms with Crippen LogP contribution in [0.4, 0.5) is 0 Å². The Morgan fingerprint density at radius 3 is 2.00 bits per heavy atom. The van der Waals surface area contributed by atoms with E-state index in [1.807, 2.05) is 13.8 Å². The lowest BCUT2D eigenvalue weighted by Crippen LogP contribution is -2.38. The minimum atomic E-state index is -0.624. The van der Waals surface area contributed by atoms with Crippen LogP contribution in [0.15, 0.2) is 0 Å². The van der Waals surface area contributed by atoms with Crippen molar-refractivity contribution in [1.82, 2.24) is 0 Å². The van der Waals surface area contributed by atoms with Gasteiger partial charge in [-0.25, -0.2) is 0 Å². The largest absolute Gasteiger partial charge is 0.481 e. The summed E-state index contributed by atoms with van der Waals surface area (Å²) in [5.74, 6) is 0.112. The number of rotatable bonds is 1. The molecule has 0 bridgehead atoms. The Bertz CT molecular complexity index is 123. The first-order valence-electron chi connectivity index (χ1n) is 3.35. The van der Waals surface area contributed by atoms with Gasteiger partial charge in [-0.2, -0.15) is 0 Å². The molecule has 0 heterocycles. The van der Waals surface area contributed by atoms with Crippen molar-refractivity contribution in [2.75, 3.05) is 0 Å². The molecule has 0 spiro atoms. The number of hydrogen-bond acceptors (Lipinski definition) is 1. The van der Waals surface area contributed by atoms with Gasteiger partial charge in [-0.15, -0.1) is 0 Å². The average molecular weight is 128 g/mol. The lowest BCUT2D eigenvalue weighted by atomic mass is 9.67. The molecule has 1 N–H and O–H groups in total. The smallest absolute Gasteiger partial charge is 0.307 e. The topological polar surface area (TPSA) is 37.3 Å². The second kappa shape index (κ2) is 2.01. The highest BCUT2D eigenvalue weighted by atomic mass is 16.4. The summed E-state index contributed by atoms with van der Waals surface area (Å²) in [4.78, 5) is 10.4. The quantitative estimate of drug-likeness (QED) is 0.579. The maximum atomic E-state index is 10.4. The van der Waals surface area contributed by atoms with E-state index >= 15 is 0 Å². The van der Waals surface area contributed by atoms with E-state index in [0.29, 0.717) is 11.8 Å². The van der Waals surface area contributed by atoms with Crippen LogP contribution in [0.25, 0.3) is 0 Å². The summed E-state index contributed by atoms with van der Waals surface area (Å²) in [7, 11) is 0. The fourth-order valence-electron chi connectivity index (χ4n) is 1.73. The van der Waals surface area contributed by atoms with Gasteiger partial charge in [0, 0.05) is 0 Å². The number of aliphatic carboxylic acids is 1. The lowest BCUT2D eigenvalue weighted by molar-refractivity contribution is -0.151. The molecule has 1 saturated carbocycles. The van der Waals surface area contributed by atoms with Crippen molar-refractivity contribution < 1.29 is 9.90 Å². The summed E-state index contributed by atoms with van der Waals surface area (Å²) in [6, 6.07) is 0. The van der Waals surface area contributed by atoms with Gasteiger partial charge in [-0.05, 0) is 18.3 Å². The third-order valence-corrected chi connectivity index (χ3v) is 2.25. The van der Waals surface area contributed by atoms with Gasteiger partial charge < -0.3 is 5.11 Å². The van der Waals surface area contributed by atoms with E-state index in [2.05, 4.69) is 0 Å². The summed E-state index contributed by atoms with van der Waals surface area (Å²) in [6.45, 7) is 4.00. The van der Waals surface area contributed by atoms with Gasteiger partial charge in [0.2, 0.25) is 0 Å². The van der Waals surface area contributed by atoms with Crippen molar-refractivity contribution in [3.8, 4) is 0 Å². The van der Waals surface area contributed by atoms with Gasteiger partial charge in [0.05, 0.1) is 5.92 Å². The van der Waals surface area contributed by atoms with Crippen LogP contribution in [0.2, 0.25) is 0 Å². The van der Waals surface area contributed by atoms with Gasteiger partial charge >= 0.3 is 5.97 Å². The number of carbonyl (C=O) groups is 1. The summed E-state index contributed by atoms with van der Waals surface area (Å²) >= 11 is 0. The Hall–Kier alpha value is -0.530. The molecular formula is C7H12O2. The predicted octanol–water partition coefficient (Wildman–Crippen LogP) is 1.36. The molecule has 1 fully saturated rings. The van der Waals surface area contributed by atoms with Crippen LogP contribution in [-0.2, 0) is 4.79 Å². The fourth-order valence-corrected chi connectivity index (χ4v) is 1.73. The first kappa shape index (κ1) is 6.59. The van der Waals surface area contributed by atoms with Gasteiger partial charge in [0.1, 0.15) is 0 Å². The molecule has 1 aliphatic carbocycles. The van der Waals surface area contributed by atoms with Crippen LogP contribution < -0.4 is 0 Å². The minimum absolute atomic E-state index is 0.0648. The monoisotopic (exact) mass is 128 g/mol. The third-order valence-electron chi connectivity index (χ3n) is 2.25. The SMILES string of the molecule is CC1CC(C)C1C(=O)O. The van der Waals surface area contributed by atoms with Crippen LogP contribution >= 0.6 is 0 Å². The zero-order chi connectivity index (χ0) is 7.02. The van der Waals surface area contributed by atoms with Crippen molar-refractivity contribution >= 4 is 5.97 Å². The summed E-state index contributed by atoms with van der Waals surface area (Å²) in [5, 5.41) is 8.57. The Morgan fingerprint density at radius 2 is 1.89 bits per heavy atom. The molecule has 1 aliphatic rings. The van der Waals surface area contributed by atoms with Crippen molar-refractivity contribution in [2.45, 2.75) is 20.3 Å². The molecule has 2 nitrogen and oxygen atoms in total. The van der Waals surface area contributed by atoms with E-state index in [-0.39, 0.29) is 5.92 Å². The third kappa shape index (κ3) is 0.934. The predicted molar refractivity (Wildman–Crippen MR) is 34.1 cm³/mol. The van der Waals surface area contributed by atoms with Crippen molar-refractivity contribution in [2.24, 2.45) is 17.8 Å². The van der Waals surface area contributed by atoms with Crippen LogP contribution in [0.3, 0.4) is 0 Å². The number of hydrogen-bond donors (Lipinski definition) is 1. The molecule has 0 aliphatic heterocycles. The summed E-state index contributed by atoms with van der Waals surface area (Å²) in [6.07, 6.45) is 1.08. The maximum Gasteiger partial charge on any atom is 0.307 e. The van der Waals surface area contributed by atoms with Crippen LogP contribution in [0, 0.1) is 17.8 Å². The average Bonchev–Trinajstić information content (AvgIpc) is 1.62. The molecule has 0 amide bonds. The second-order valence-corrected chi connectivity index (χ2v) is 3.05. The first-order valence-corrected chi connectivity index (χ1v) is 3.35. The van der Waals surface area contributed by atoms with Gasteiger partial charge in [-0.3, -0.25) is 4.79 Å². The highest BCUT2D eigenvalue weighted by molar-refractivity contribution is 5.71. The molecule has 0 aromatic rings. The van der Waals surface area contributed by atoms with Crippen LogP contribution in [0.5, 0.6) is 0 Å². The minimum Gasteiger partial charge on any atom is -0.481 e. The highest BCUT2D eigenvalue weighted by Crippen LogP contribution is 2.39. The van der Waals surface area contributed by atoms with Crippen molar-refractivity contribution in [3.63, 3.8) is 0 Å². The Kier molecular flexibility index (Phi) is 1.47. The molecule has 0 saturated heterocycles. The van der Waals surface area contributed by atoms with E-state index in [9.17, 15) is 4.79 Å². The molecule has 1 rings (SSSR count). The Labute approximate surface area is 54.9 Å². The Balaban J connectivity index is 2.49. The highest BCUT2D eigenvalue weighted by Gasteiger charge is 2.39. The zero-order valence-electron chi connectivity index (χ0n) is 5.79. The number of carboxylic acid groups (broad SMARTS) is 1.